The maximum atomic E-state index is 12.4. The predicted octanol–water partition coefficient (Wildman–Crippen LogP) is 2.00. The van der Waals surface area contributed by atoms with Crippen LogP contribution in [-0.4, -0.2) is 60.4 Å². The van der Waals surface area contributed by atoms with Crippen LogP contribution < -0.4 is 5.32 Å². The Bertz CT molecular complexity index is 537. The number of piperazine rings is 1. The average Bonchev–Trinajstić information content (AvgIpc) is 2.55. The van der Waals surface area contributed by atoms with E-state index in [1.54, 1.807) is 12.1 Å². The lowest BCUT2D eigenvalue weighted by Gasteiger charge is -2.36. The van der Waals surface area contributed by atoms with Crippen molar-refractivity contribution >= 4 is 11.8 Å². The van der Waals surface area contributed by atoms with Crippen molar-refractivity contribution in [1.29, 1.82) is 0 Å². The van der Waals surface area contributed by atoms with Crippen molar-refractivity contribution < 1.29 is 9.59 Å². The molecule has 0 spiro atoms. The largest absolute Gasteiger partial charge is 0.349 e. The van der Waals surface area contributed by atoms with E-state index in [2.05, 4.69) is 24.1 Å². The molecule has 1 atom stereocenters. The van der Waals surface area contributed by atoms with Crippen LogP contribution in [0.15, 0.2) is 30.3 Å². The molecule has 1 N–H and O–H groups in total. The highest BCUT2D eigenvalue weighted by molar-refractivity contribution is 5.94. The van der Waals surface area contributed by atoms with Gasteiger partial charge in [-0.15, -0.1) is 0 Å². The van der Waals surface area contributed by atoms with Gasteiger partial charge >= 0.3 is 0 Å². The third-order valence-corrected chi connectivity index (χ3v) is 4.24. The van der Waals surface area contributed by atoms with E-state index in [4.69, 9.17) is 0 Å². The van der Waals surface area contributed by atoms with Gasteiger partial charge in [-0.1, -0.05) is 32.0 Å². The molecule has 1 saturated heterocycles. The Morgan fingerprint density at radius 1 is 1.04 bits per heavy atom. The fourth-order valence-corrected chi connectivity index (χ4v) is 3.03. The average molecular weight is 331 g/mol. The minimum Gasteiger partial charge on any atom is -0.349 e. The number of carbonyl (C=O) groups excluding carboxylic acids is 2. The summed E-state index contributed by atoms with van der Waals surface area (Å²) in [7, 11) is 0. The summed E-state index contributed by atoms with van der Waals surface area (Å²) in [5.41, 5.74) is 0.624. The highest BCUT2D eigenvalue weighted by Crippen LogP contribution is 2.08. The minimum atomic E-state index is -0.168. The maximum Gasteiger partial charge on any atom is 0.251 e. The summed E-state index contributed by atoms with van der Waals surface area (Å²) in [5.74, 6) is 0.651. The second-order valence-electron chi connectivity index (χ2n) is 7.02. The second-order valence-corrected chi connectivity index (χ2v) is 7.02. The van der Waals surface area contributed by atoms with Gasteiger partial charge < -0.3 is 10.2 Å². The number of amides is 2. The molecule has 0 radical (unpaired) electrons. The van der Waals surface area contributed by atoms with Gasteiger partial charge in [-0.25, -0.2) is 0 Å². The Morgan fingerprint density at radius 2 is 1.67 bits per heavy atom. The monoisotopic (exact) mass is 331 g/mol. The molecule has 1 unspecified atom stereocenters. The first-order chi connectivity index (χ1) is 11.5. The van der Waals surface area contributed by atoms with E-state index in [9.17, 15) is 9.59 Å². The molecular formula is C19H29N3O2. The van der Waals surface area contributed by atoms with Crippen molar-refractivity contribution in [2.24, 2.45) is 5.92 Å². The van der Waals surface area contributed by atoms with Crippen molar-refractivity contribution in [3.05, 3.63) is 35.9 Å². The number of hydrogen-bond donors (Lipinski definition) is 1. The van der Waals surface area contributed by atoms with Gasteiger partial charge in [0.1, 0.15) is 0 Å². The number of nitrogens with zero attached hydrogens (tertiary/aromatic N) is 2. The Balaban J connectivity index is 1.75. The van der Waals surface area contributed by atoms with E-state index < -0.39 is 0 Å². The molecule has 1 heterocycles. The first kappa shape index (κ1) is 18.5. The van der Waals surface area contributed by atoms with Gasteiger partial charge in [0, 0.05) is 50.7 Å². The van der Waals surface area contributed by atoms with Crippen molar-refractivity contribution in [2.45, 2.75) is 33.2 Å². The second kappa shape index (κ2) is 8.83. The van der Waals surface area contributed by atoms with Crippen molar-refractivity contribution in [3.8, 4) is 0 Å². The van der Waals surface area contributed by atoms with Crippen LogP contribution in [-0.2, 0) is 4.79 Å². The van der Waals surface area contributed by atoms with Crippen LogP contribution in [0.3, 0.4) is 0 Å². The van der Waals surface area contributed by atoms with Crippen molar-refractivity contribution in [2.75, 3.05) is 32.7 Å². The van der Waals surface area contributed by atoms with Crippen LogP contribution in [0.5, 0.6) is 0 Å². The van der Waals surface area contributed by atoms with Gasteiger partial charge in [0.2, 0.25) is 5.91 Å². The topological polar surface area (TPSA) is 52.6 Å². The van der Waals surface area contributed by atoms with E-state index in [1.165, 1.54) is 0 Å². The van der Waals surface area contributed by atoms with Crippen LogP contribution >= 0.6 is 0 Å². The molecule has 24 heavy (non-hydrogen) atoms. The maximum absolute atomic E-state index is 12.4. The number of rotatable bonds is 6. The molecule has 2 amide bonds. The first-order valence-corrected chi connectivity index (χ1v) is 8.81. The van der Waals surface area contributed by atoms with E-state index >= 15 is 0 Å². The molecule has 1 aliphatic heterocycles. The molecule has 0 aromatic heterocycles. The predicted molar refractivity (Wildman–Crippen MR) is 95.8 cm³/mol. The summed E-state index contributed by atoms with van der Waals surface area (Å²) in [6.45, 7) is 10.8. The summed E-state index contributed by atoms with van der Waals surface area (Å²) < 4.78 is 0. The van der Waals surface area contributed by atoms with Crippen molar-refractivity contribution in [1.82, 2.24) is 15.1 Å². The molecule has 1 aliphatic rings. The van der Waals surface area contributed by atoms with E-state index in [-0.39, 0.29) is 17.9 Å². The summed E-state index contributed by atoms with van der Waals surface area (Å²) >= 11 is 0. The lowest BCUT2D eigenvalue weighted by atomic mass is 10.1. The molecule has 1 fully saturated rings. The lowest BCUT2D eigenvalue weighted by Crippen LogP contribution is -2.50. The Kier molecular flexibility index (Phi) is 6.79. The summed E-state index contributed by atoms with van der Waals surface area (Å²) in [6, 6.07) is 8.93. The van der Waals surface area contributed by atoms with Crippen LogP contribution in [0, 0.1) is 5.92 Å². The van der Waals surface area contributed by atoms with Gasteiger partial charge in [0.25, 0.3) is 5.91 Å². The van der Waals surface area contributed by atoms with Crippen LogP contribution in [0.1, 0.15) is 37.6 Å². The lowest BCUT2D eigenvalue weighted by molar-refractivity contribution is -0.133. The quantitative estimate of drug-likeness (QED) is 0.867. The molecule has 1 aromatic rings. The molecule has 0 bridgehead atoms. The van der Waals surface area contributed by atoms with Crippen LogP contribution in [0.4, 0.5) is 0 Å². The smallest absolute Gasteiger partial charge is 0.251 e. The van der Waals surface area contributed by atoms with Gasteiger partial charge in [-0.2, -0.15) is 0 Å². The fourth-order valence-electron chi connectivity index (χ4n) is 3.03. The summed E-state index contributed by atoms with van der Waals surface area (Å²) in [6.07, 6.45) is 0.350. The molecule has 132 valence electrons. The molecule has 5 nitrogen and oxygen atoms in total. The van der Waals surface area contributed by atoms with Gasteiger partial charge in [-0.3, -0.25) is 14.5 Å². The molecule has 0 aliphatic carbocycles. The minimum absolute atomic E-state index is 0.125. The van der Waals surface area contributed by atoms with Gasteiger partial charge in [0.05, 0.1) is 0 Å². The highest BCUT2D eigenvalue weighted by atomic mass is 16.2. The molecule has 2 rings (SSSR count). The third kappa shape index (κ3) is 5.64. The number of benzene rings is 1. The standard InChI is InChI=1S/C19H29N3O2/c1-15(2)14-21-9-11-22(12-10-21)18(23)13-16(3)20-19(24)17-7-5-4-6-8-17/h4-8,15-16H,9-14H2,1-3H3,(H,20,24). The Hall–Kier alpha value is -1.88. The van der Waals surface area contributed by atoms with Gasteiger partial charge in [0.15, 0.2) is 0 Å². The molecule has 5 heteroatoms. The molecule has 0 saturated carbocycles. The Morgan fingerprint density at radius 3 is 2.25 bits per heavy atom. The van der Waals surface area contributed by atoms with Crippen LogP contribution in [0.2, 0.25) is 0 Å². The highest BCUT2D eigenvalue weighted by Gasteiger charge is 2.23. The number of hydrogen-bond acceptors (Lipinski definition) is 3. The summed E-state index contributed by atoms with van der Waals surface area (Å²) in [5, 5.41) is 2.90. The normalized spacial score (nSPS) is 16.9. The van der Waals surface area contributed by atoms with Crippen LogP contribution in [0.25, 0.3) is 0 Å². The summed E-state index contributed by atoms with van der Waals surface area (Å²) in [4.78, 5) is 28.9. The first-order valence-electron chi connectivity index (χ1n) is 8.81. The SMILES string of the molecule is CC(C)CN1CCN(C(=O)CC(C)NC(=O)c2ccccc2)CC1. The number of nitrogens with one attached hydrogen (secondary N) is 1. The molecular weight excluding hydrogens is 302 g/mol. The zero-order chi connectivity index (χ0) is 17.5. The number of carbonyl (C=O) groups is 2. The van der Waals surface area contributed by atoms with E-state index in [0.29, 0.717) is 17.9 Å². The fraction of sp³-hybridized carbons (Fsp3) is 0.579. The Labute approximate surface area is 145 Å². The third-order valence-electron chi connectivity index (χ3n) is 4.24. The van der Waals surface area contributed by atoms with E-state index in [0.717, 1.165) is 32.7 Å². The van der Waals surface area contributed by atoms with Crippen molar-refractivity contribution in [3.63, 3.8) is 0 Å². The van der Waals surface area contributed by atoms with E-state index in [1.807, 2.05) is 30.0 Å². The zero-order valence-electron chi connectivity index (χ0n) is 15.0. The zero-order valence-corrected chi connectivity index (χ0v) is 15.0. The van der Waals surface area contributed by atoms with Gasteiger partial charge in [-0.05, 0) is 25.0 Å². The molecule has 1 aromatic carbocycles.